The molecule has 0 radical (unpaired) electrons. The zero-order valence-corrected chi connectivity index (χ0v) is 10.2. The van der Waals surface area contributed by atoms with Crippen LogP contribution in [0.2, 0.25) is 0 Å². The number of nitrogens with one attached hydrogen (secondary N) is 1. The third-order valence-corrected chi connectivity index (χ3v) is 3.29. The van der Waals surface area contributed by atoms with E-state index in [1.165, 1.54) is 0 Å². The molecule has 0 aliphatic heterocycles. The maximum absolute atomic E-state index is 10.5. The van der Waals surface area contributed by atoms with Crippen molar-refractivity contribution in [3.05, 3.63) is 54.2 Å². The molecule has 0 amide bonds. The van der Waals surface area contributed by atoms with Crippen LogP contribution >= 0.6 is 0 Å². The number of nitrogens with zero attached hydrogens (tertiary/aromatic N) is 2. The highest BCUT2D eigenvalue weighted by atomic mass is 16.3. The van der Waals surface area contributed by atoms with Crippen LogP contribution < -0.4 is 0 Å². The molecule has 1 atom stereocenters. The minimum atomic E-state index is -0.646. The molecule has 1 unspecified atom stereocenters. The highest BCUT2D eigenvalue weighted by Gasteiger charge is 2.17. The van der Waals surface area contributed by atoms with Gasteiger partial charge < -0.3 is 14.7 Å². The highest BCUT2D eigenvalue weighted by Crippen LogP contribution is 2.28. The lowest BCUT2D eigenvalue weighted by Crippen LogP contribution is -2.07. The molecule has 18 heavy (non-hydrogen) atoms. The second-order valence-corrected chi connectivity index (χ2v) is 4.29. The Kier molecular flexibility index (Phi) is 2.64. The van der Waals surface area contributed by atoms with Crippen LogP contribution in [-0.2, 0) is 6.54 Å². The smallest absolute Gasteiger partial charge is 0.121 e. The number of benzene rings is 1. The lowest BCUT2D eigenvalue weighted by atomic mass is 10.0. The van der Waals surface area contributed by atoms with Crippen molar-refractivity contribution in [2.24, 2.45) is 0 Å². The first-order valence-corrected chi connectivity index (χ1v) is 6.05. The summed E-state index contributed by atoms with van der Waals surface area (Å²) in [5, 5.41) is 11.6. The zero-order chi connectivity index (χ0) is 12.5. The monoisotopic (exact) mass is 241 g/mol. The summed E-state index contributed by atoms with van der Waals surface area (Å²) in [5.74, 6) is 0. The van der Waals surface area contributed by atoms with Crippen LogP contribution in [0, 0.1) is 0 Å². The SMILES string of the molecule is CCn1cncc1C(O)c1cccc2[nH]ccc12. The van der Waals surface area contributed by atoms with Gasteiger partial charge in [-0.05, 0) is 24.6 Å². The number of H-pyrrole nitrogens is 1. The van der Waals surface area contributed by atoms with E-state index in [4.69, 9.17) is 0 Å². The van der Waals surface area contributed by atoms with E-state index in [1.54, 1.807) is 12.5 Å². The van der Waals surface area contributed by atoms with E-state index in [2.05, 4.69) is 9.97 Å². The quantitative estimate of drug-likeness (QED) is 0.740. The summed E-state index contributed by atoms with van der Waals surface area (Å²) in [5.41, 5.74) is 2.77. The van der Waals surface area contributed by atoms with Crippen molar-refractivity contribution in [3.8, 4) is 0 Å². The van der Waals surface area contributed by atoms with Crippen molar-refractivity contribution in [2.45, 2.75) is 19.6 Å². The fourth-order valence-corrected chi connectivity index (χ4v) is 2.33. The maximum atomic E-state index is 10.5. The van der Waals surface area contributed by atoms with Gasteiger partial charge in [0.25, 0.3) is 0 Å². The molecule has 2 N–H and O–H groups in total. The summed E-state index contributed by atoms with van der Waals surface area (Å²) in [6.45, 7) is 2.84. The highest BCUT2D eigenvalue weighted by molar-refractivity contribution is 5.83. The van der Waals surface area contributed by atoms with E-state index in [1.807, 2.05) is 42.0 Å². The second kappa shape index (κ2) is 4.31. The molecule has 92 valence electrons. The third-order valence-electron chi connectivity index (χ3n) is 3.29. The Morgan fingerprint density at radius 1 is 1.39 bits per heavy atom. The maximum Gasteiger partial charge on any atom is 0.121 e. The van der Waals surface area contributed by atoms with E-state index in [0.29, 0.717) is 0 Å². The van der Waals surface area contributed by atoms with Gasteiger partial charge in [0.2, 0.25) is 0 Å². The summed E-state index contributed by atoms with van der Waals surface area (Å²) < 4.78 is 1.95. The number of imidazole rings is 1. The number of aromatic amines is 1. The molecule has 0 aliphatic carbocycles. The molecule has 0 bridgehead atoms. The molecular weight excluding hydrogens is 226 g/mol. The number of aromatic nitrogens is 3. The Balaban J connectivity index is 2.12. The van der Waals surface area contributed by atoms with Gasteiger partial charge in [-0.25, -0.2) is 4.98 Å². The number of rotatable bonds is 3. The minimum absolute atomic E-state index is 0.646. The van der Waals surface area contributed by atoms with Gasteiger partial charge in [-0.1, -0.05) is 12.1 Å². The van der Waals surface area contributed by atoms with Gasteiger partial charge in [-0.15, -0.1) is 0 Å². The number of aliphatic hydroxyl groups is 1. The van der Waals surface area contributed by atoms with Crippen molar-refractivity contribution in [1.82, 2.24) is 14.5 Å². The van der Waals surface area contributed by atoms with Crippen molar-refractivity contribution in [3.63, 3.8) is 0 Å². The molecule has 0 fully saturated rings. The first-order chi connectivity index (χ1) is 8.81. The van der Waals surface area contributed by atoms with Gasteiger partial charge in [-0.2, -0.15) is 0 Å². The molecule has 2 aromatic heterocycles. The second-order valence-electron chi connectivity index (χ2n) is 4.29. The Labute approximate surface area is 105 Å². The average molecular weight is 241 g/mol. The van der Waals surface area contributed by atoms with Crippen molar-refractivity contribution in [1.29, 1.82) is 0 Å². The number of fused-ring (bicyclic) bond motifs is 1. The normalized spacial score (nSPS) is 13.0. The van der Waals surface area contributed by atoms with Gasteiger partial charge in [-0.3, -0.25) is 0 Å². The van der Waals surface area contributed by atoms with E-state index < -0.39 is 6.10 Å². The Morgan fingerprint density at radius 2 is 2.28 bits per heavy atom. The minimum Gasteiger partial charge on any atom is -0.382 e. The fraction of sp³-hybridized carbons (Fsp3) is 0.214. The summed E-state index contributed by atoms with van der Waals surface area (Å²) >= 11 is 0. The van der Waals surface area contributed by atoms with Crippen molar-refractivity contribution >= 4 is 10.9 Å². The topological polar surface area (TPSA) is 53.8 Å². The zero-order valence-electron chi connectivity index (χ0n) is 10.2. The number of hydrogen-bond donors (Lipinski definition) is 2. The van der Waals surface area contributed by atoms with Gasteiger partial charge in [0, 0.05) is 23.6 Å². The van der Waals surface area contributed by atoms with Crippen LogP contribution in [0.5, 0.6) is 0 Å². The standard InChI is InChI=1S/C14H15N3O/c1-2-17-9-15-8-13(17)14(18)11-4-3-5-12-10(11)6-7-16-12/h3-9,14,16,18H,2H2,1H3. The van der Waals surface area contributed by atoms with E-state index >= 15 is 0 Å². The summed E-state index contributed by atoms with van der Waals surface area (Å²) in [6, 6.07) is 7.89. The Hall–Kier alpha value is -2.07. The van der Waals surface area contributed by atoms with Gasteiger partial charge in [0.05, 0.1) is 18.2 Å². The molecule has 3 rings (SSSR count). The lowest BCUT2D eigenvalue weighted by molar-refractivity contribution is 0.211. The largest absolute Gasteiger partial charge is 0.382 e. The van der Waals surface area contributed by atoms with Gasteiger partial charge >= 0.3 is 0 Å². The predicted molar refractivity (Wildman–Crippen MR) is 70.3 cm³/mol. The molecule has 0 aliphatic rings. The van der Waals surface area contributed by atoms with E-state index in [0.717, 1.165) is 28.7 Å². The average Bonchev–Trinajstić information content (AvgIpc) is 3.05. The van der Waals surface area contributed by atoms with Crippen LogP contribution in [0.15, 0.2) is 43.0 Å². The first-order valence-electron chi connectivity index (χ1n) is 6.05. The van der Waals surface area contributed by atoms with Crippen LogP contribution in [0.25, 0.3) is 10.9 Å². The molecule has 0 saturated carbocycles. The van der Waals surface area contributed by atoms with Crippen molar-refractivity contribution in [2.75, 3.05) is 0 Å². The molecule has 4 nitrogen and oxygen atoms in total. The lowest BCUT2D eigenvalue weighted by Gasteiger charge is -2.14. The summed E-state index contributed by atoms with van der Waals surface area (Å²) in [6.07, 6.45) is 4.71. The predicted octanol–water partition coefficient (Wildman–Crippen LogP) is 2.47. The molecule has 2 heterocycles. The summed E-state index contributed by atoms with van der Waals surface area (Å²) in [4.78, 5) is 7.26. The fourth-order valence-electron chi connectivity index (χ4n) is 2.33. The molecular formula is C14H15N3O. The van der Waals surface area contributed by atoms with Gasteiger partial charge in [0.15, 0.2) is 0 Å². The van der Waals surface area contributed by atoms with E-state index in [9.17, 15) is 5.11 Å². The third kappa shape index (κ3) is 1.62. The Bertz CT molecular complexity index is 668. The molecule has 4 heteroatoms. The van der Waals surface area contributed by atoms with Crippen LogP contribution in [0.1, 0.15) is 24.3 Å². The first kappa shape index (κ1) is 11.0. The number of aliphatic hydroxyl groups excluding tert-OH is 1. The van der Waals surface area contributed by atoms with Crippen LogP contribution in [0.3, 0.4) is 0 Å². The molecule has 0 saturated heterocycles. The number of hydrogen-bond acceptors (Lipinski definition) is 2. The van der Waals surface area contributed by atoms with Crippen molar-refractivity contribution < 1.29 is 5.11 Å². The molecule has 0 spiro atoms. The van der Waals surface area contributed by atoms with Crippen LogP contribution in [0.4, 0.5) is 0 Å². The summed E-state index contributed by atoms with van der Waals surface area (Å²) in [7, 11) is 0. The Morgan fingerprint density at radius 3 is 3.11 bits per heavy atom. The molecule has 1 aromatic carbocycles. The van der Waals surface area contributed by atoms with Gasteiger partial charge in [0.1, 0.15) is 6.10 Å². The van der Waals surface area contributed by atoms with Crippen LogP contribution in [-0.4, -0.2) is 19.6 Å². The van der Waals surface area contributed by atoms with E-state index in [-0.39, 0.29) is 0 Å². The molecule has 3 aromatic rings. The number of aryl methyl sites for hydroxylation is 1.